The molecule has 1 aliphatic rings. The molecule has 0 aromatic heterocycles. The molecule has 2 rings (SSSR count). The van der Waals surface area contributed by atoms with E-state index in [4.69, 9.17) is 5.21 Å². The number of amides is 1. The summed E-state index contributed by atoms with van der Waals surface area (Å²) in [5, 5.41) is 11.8. The highest BCUT2D eigenvalue weighted by Crippen LogP contribution is 2.21. The van der Waals surface area contributed by atoms with Crippen LogP contribution in [0.5, 0.6) is 0 Å². The van der Waals surface area contributed by atoms with E-state index in [1.165, 1.54) is 4.90 Å². The van der Waals surface area contributed by atoms with Crippen molar-refractivity contribution < 1.29 is 10.0 Å². The largest absolute Gasteiger partial charge is 0.409 e. The topological polar surface area (TPSA) is 52.9 Å². The number of carbonyl (C=O) groups is 1. The number of nitrogens with zero attached hydrogens (tertiary/aromatic N) is 2. The second kappa shape index (κ2) is 4.35. The van der Waals surface area contributed by atoms with Crippen LogP contribution in [0.25, 0.3) is 0 Å². The van der Waals surface area contributed by atoms with Crippen LogP contribution in [0, 0.1) is 0 Å². The number of benzene rings is 1. The molecule has 0 aliphatic carbocycles. The summed E-state index contributed by atoms with van der Waals surface area (Å²) in [5.74, 6) is 0.871. The third-order valence-corrected chi connectivity index (χ3v) is 3.03. The molecule has 1 aliphatic heterocycles. The monoisotopic (exact) mass is 222 g/mol. The molecule has 0 bridgehead atoms. The van der Waals surface area contributed by atoms with Crippen LogP contribution in [0.1, 0.15) is 5.56 Å². The van der Waals surface area contributed by atoms with E-state index < -0.39 is 0 Å². The van der Waals surface area contributed by atoms with Crippen LogP contribution in [0.3, 0.4) is 0 Å². The standard InChI is InChI=1S/C10H10N2O2S/c13-10-12(9(11-14)7-15-10)6-8-4-2-1-3-5-8/h1-5,14H,6-7H2. The first-order valence-electron chi connectivity index (χ1n) is 4.50. The Kier molecular flexibility index (Phi) is 2.91. The van der Waals surface area contributed by atoms with Gasteiger partial charge < -0.3 is 5.21 Å². The maximum Gasteiger partial charge on any atom is 0.287 e. The molecule has 0 atom stereocenters. The maximum absolute atomic E-state index is 11.4. The fraction of sp³-hybridized carbons (Fsp3) is 0.200. The van der Waals surface area contributed by atoms with E-state index in [1.807, 2.05) is 30.3 Å². The van der Waals surface area contributed by atoms with Gasteiger partial charge in [-0.2, -0.15) is 0 Å². The number of oxime groups is 1. The van der Waals surface area contributed by atoms with E-state index in [1.54, 1.807) is 0 Å². The summed E-state index contributed by atoms with van der Waals surface area (Å²) < 4.78 is 0. The van der Waals surface area contributed by atoms with Gasteiger partial charge in [0, 0.05) is 0 Å². The summed E-state index contributed by atoms with van der Waals surface area (Å²) in [6.07, 6.45) is 0. The molecule has 5 heteroatoms. The van der Waals surface area contributed by atoms with Gasteiger partial charge >= 0.3 is 0 Å². The zero-order valence-electron chi connectivity index (χ0n) is 7.96. The van der Waals surface area contributed by atoms with Crippen LogP contribution in [0.2, 0.25) is 0 Å². The highest BCUT2D eigenvalue weighted by atomic mass is 32.2. The Bertz CT molecular complexity index is 392. The Morgan fingerprint density at radius 3 is 2.80 bits per heavy atom. The van der Waals surface area contributed by atoms with Gasteiger partial charge in [-0.05, 0) is 5.56 Å². The summed E-state index contributed by atoms with van der Waals surface area (Å²) in [6.45, 7) is 0.464. The summed E-state index contributed by atoms with van der Waals surface area (Å²) in [7, 11) is 0. The van der Waals surface area contributed by atoms with Gasteiger partial charge in [-0.15, -0.1) is 0 Å². The summed E-state index contributed by atoms with van der Waals surface area (Å²) in [5.41, 5.74) is 1.02. The van der Waals surface area contributed by atoms with Gasteiger partial charge in [-0.25, -0.2) is 0 Å². The van der Waals surface area contributed by atoms with Crippen LogP contribution in [-0.2, 0) is 6.54 Å². The van der Waals surface area contributed by atoms with E-state index in [2.05, 4.69) is 5.16 Å². The minimum absolute atomic E-state index is 0.0633. The first-order valence-corrected chi connectivity index (χ1v) is 5.49. The summed E-state index contributed by atoms with van der Waals surface area (Å²) in [6, 6.07) is 9.62. The van der Waals surface area contributed by atoms with Gasteiger partial charge in [0.25, 0.3) is 5.24 Å². The van der Waals surface area contributed by atoms with E-state index in [0.717, 1.165) is 17.3 Å². The fourth-order valence-electron chi connectivity index (χ4n) is 1.39. The molecule has 0 spiro atoms. The molecule has 1 heterocycles. The molecular weight excluding hydrogens is 212 g/mol. The van der Waals surface area contributed by atoms with E-state index in [0.29, 0.717) is 18.1 Å². The van der Waals surface area contributed by atoms with Crippen LogP contribution in [0.4, 0.5) is 4.79 Å². The van der Waals surface area contributed by atoms with Crippen molar-refractivity contribution in [2.24, 2.45) is 5.16 Å². The predicted octanol–water partition coefficient (Wildman–Crippen LogP) is 2.14. The number of thioether (sulfide) groups is 1. The Hall–Kier alpha value is -1.49. The lowest BCUT2D eigenvalue weighted by Crippen LogP contribution is -2.28. The average molecular weight is 222 g/mol. The van der Waals surface area contributed by atoms with Crippen molar-refractivity contribution in [3.8, 4) is 0 Å². The van der Waals surface area contributed by atoms with Gasteiger partial charge in [0.2, 0.25) is 0 Å². The molecule has 0 radical (unpaired) electrons. The van der Waals surface area contributed by atoms with Crippen LogP contribution in [-0.4, -0.2) is 26.9 Å². The Labute approximate surface area is 91.6 Å². The summed E-state index contributed by atoms with van der Waals surface area (Å²) in [4.78, 5) is 12.9. The third-order valence-electron chi connectivity index (χ3n) is 2.16. The van der Waals surface area contributed by atoms with Crippen molar-refractivity contribution in [3.05, 3.63) is 35.9 Å². The predicted molar refractivity (Wildman–Crippen MR) is 59.1 cm³/mol. The fourth-order valence-corrected chi connectivity index (χ4v) is 2.18. The number of carbonyl (C=O) groups excluding carboxylic acids is 1. The normalized spacial score (nSPS) is 18.8. The molecule has 1 saturated heterocycles. The van der Waals surface area contributed by atoms with Crippen molar-refractivity contribution in [1.82, 2.24) is 4.90 Å². The molecule has 15 heavy (non-hydrogen) atoms. The van der Waals surface area contributed by atoms with Crippen molar-refractivity contribution >= 4 is 22.8 Å². The van der Waals surface area contributed by atoms with Gasteiger partial charge in [0.05, 0.1) is 12.3 Å². The van der Waals surface area contributed by atoms with E-state index in [-0.39, 0.29) is 5.24 Å². The minimum Gasteiger partial charge on any atom is -0.409 e. The molecule has 1 fully saturated rings. The third kappa shape index (κ3) is 2.12. The number of amidine groups is 1. The molecule has 0 saturated carbocycles. The van der Waals surface area contributed by atoms with Crippen molar-refractivity contribution in [2.45, 2.75) is 6.54 Å². The Morgan fingerprint density at radius 1 is 1.40 bits per heavy atom. The second-order valence-electron chi connectivity index (χ2n) is 3.14. The molecule has 4 nitrogen and oxygen atoms in total. The number of hydrogen-bond donors (Lipinski definition) is 1. The summed E-state index contributed by atoms with van der Waals surface area (Å²) >= 11 is 1.15. The van der Waals surface area contributed by atoms with Crippen LogP contribution < -0.4 is 0 Å². The first-order chi connectivity index (χ1) is 7.31. The number of rotatable bonds is 2. The van der Waals surface area contributed by atoms with E-state index >= 15 is 0 Å². The SMILES string of the molecule is O=C1SCC(=NO)N1Cc1ccccc1. The highest BCUT2D eigenvalue weighted by molar-refractivity contribution is 8.14. The lowest BCUT2D eigenvalue weighted by atomic mass is 10.2. The zero-order chi connectivity index (χ0) is 10.7. The molecule has 1 N–H and O–H groups in total. The smallest absolute Gasteiger partial charge is 0.287 e. The van der Waals surface area contributed by atoms with Gasteiger partial charge in [-0.3, -0.25) is 9.69 Å². The highest BCUT2D eigenvalue weighted by Gasteiger charge is 2.28. The Morgan fingerprint density at radius 2 is 2.13 bits per heavy atom. The molecule has 0 unspecified atom stereocenters. The lowest BCUT2D eigenvalue weighted by molar-refractivity contribution is 0.240. The van der Waals surface area contributed by atoms with Crippen LogP contribution in [0.15, 0.2) is 35.5 Å². The first kappa shape index (κ1) is 10.0. The average Bonchev–Trinajstić information content (AvgIpc) is 2.62. The van der Waals surface area contributed by atoms with Gasteiger partial charge in [0.15, 0.2) is 5.84 Å². The molecular formula is C10H10N2O2S. The Balaban J connectivity index is 2.14. The van der Waals surface area contributed by atoms with E-state index in [9.17, 15) is 4.79 Å². The van der Waals surface area contributed by atoms with Crippen LogP contribution >= 0.6 is 11.8 Å². The quantitative estimate of drug-likeness (QED) is 0.616. The van der Waals surface area contributed by atoms with Crippen molar-refractivity contribution in [2.75, 3.05) is 5.75 Å². The second-order valence-corrected chi connectivity index (χ2v) is 4.07. The zero-order valence-corrected chi connectivity index (χ0v) is 8.78. The van der Waals surface area contributed by atoms with Crippen molar-refractivity contribution in [3.63, 3.8) is 0 Å². The molecule has 1 aromatic rings. The lowest BCUT2D eigenvalue weighted by Gasteiger charge is -2.14. The van der Waals surface area contributed by atoms with Gasteiger partial charge in [0.1, 0.15) is 0 Å². The molecule has 1 aromatic carbocycles. The van der Waals surface area contributed by atoms with Gasteiger partial charge in [-0.1, -0.05) is 47.2 Å². The number of hydrogen-bond acceptors (Lipinski definition) is 4. The van der Waals surface area contributed by atoms with Crippen molar-refractivity contribution in [1.29, 1.82) is 0 Å². The molecule has 1 amide bonds. The minimum atomic E-state index is -0.0633. The molecule has 78 valence electrons. The maximum atomic E-state index is 11.4.